The van der Waals surface area contributed by atoms with E-state index in [0.29, 0.717) is 5.75 Å². The summed E-state index contributed by atoms with van der Waals surface area (Å²) in [5.41, 5.74) is 4.99. The molecule has 1 aromatic rings. The molecule has 0 aliphatic heterocycles. The van der Waals surface area contributed by atoms with Gasteiger partial charge in [-0.2, -0.15) is 0 Å². The van der Waals surface area contributed by atoms with Crippen molar-refractivity contribution in [3.8, 4) is 5.75 Å². The van der Waals surface area contributed by atoms with Gasteiger partial charge in [0.25, 0.3) is 0 Å². The highest BCUT2D eigenvalue weighted by atomic mass is 16.3. The van der Waals surface area contributed by atoms with Crippen LogP contribution in [0.4, 0.5) is 0 Å². The smallest absolute Gasteiger partial charge is 0.122 e. The Morgan fingerprint density at radius 3 is 2.25 bits per heavy atom. The molecule has 0 unspecified atom stereocenters. The molecule has 0 atom stereocenters. The number of hydrogen-bond acceptors (Lipinski definition) is 1. The summed E-state index contributed by atoms with van der Waals surface area (Å²) in [6, 6.07) is 2.15. The van der Waals surface area contributed by atoms with Gasteiger partial charge in [-0.1, -0.05) is 33.3 Å². The Kier molecular flexibility index (Phi) is 4.85. The van der Waals surface area contributed by atoms with Gasteiger partial charge in [-0.3, -0.25) is 0 Å². The van der Waals surface area contributed by atoms with E-state index in [1.807, 2.05) is 0 Å². The van der Waals surface area contributed by atoms with E-state index in [9.17, 15) is 5.11 Å². The predicted molar refractivity (Wildman–Crippen MR) is 70.2 cm³/mol. The van der Waals surface area contributed by atoms with Gasteiger partial charge in [-0.15, -0.1) is 0 Å². The molecule has 0 spiro atoms. The maximum Gasteiger partial charge on any atom is 0.122 e. The van der Waals surface area contributed by atoms with E-state index in [2.05, 4.69) is 33.8 Å². The Bertz CT molecular complexity index is 353. The molecular weight excluding hydrogens is 196 g/mol. The van der Waals surface area contributed by atoms with Crippen LogP contribution < -0.4 is 0 Å². The van der Waals surface area contributed by atoms with Crippen LogP contribution in [0.1, 0.15) is 55.9 Å². The molecule has 1 aromatic carbocycles. The van der Waals surface area contributed by atoms with Crippen LogP contribution in [-0.2, 0) is 19.3 Å². The first-order valence-corrected chi connectivity index (χ1v) is 6.48. The van der Waals surface area contributed by atoms with Crippen molar-refractivity contribution < 1.29 is 5.11 Å². The molecule has 1 rings (SSSR count). The van der Waals surface area contributed by atoms with E-state index in [1.54, 1.807) is 0 Å². The first kappa shape index (κ1) is 13.1. The second-order valence-electron chi connectivity index (χ2n) is 4.47. The molecule has 0 amide bonds. The number of phenolic OH excluding ortho intramolecular Hbond substituents is 1. The van der Waals surface area contributed by atoms with E-state index in [4.69, 9.17) is 0 Å². The van der Waals surface area contributed by atoms with Crippen molar-refractivity contribution in [2.45, 2.75) is 59.8 Å². The van der Waals surface area contributed by atoms with E-state index in [1.165, 1.54) is 29.5 Å². The van der Waals surface area contributed by atoms with Crippen LogP contribution in [0.15, 0.2) is 6.07 Å². The Morgan fingerprint density at radius 1 is 1.06 bits per heavy atom. The largest absolute Gasteiger partial charge is 0.507 e. The number of phenols is 1. The van der Waals surface area contributed by atoms with Gasteiger partial charge < -0.3 is 5.11 Å². The summed E-state index contributed by atoms with van der Waals surface area (Å²) in [6.45, 7) is 8.60. The molecule has 0 heterocycles. The molecular formula is C15H24O. The average Bonchev–Trinajstić information content (AvgIpc) is 2.29. The Morgan fingerprint density at radius 2 is 1.75 bits per heavy atom. The minimum Gasteiger partial charge on any atom is -0.507 e. The fourth-order valence-electron chi connectivity index (χ4n) is 2.34. The molecule has 0 radical (unpaired) electrons. The van der Waals surface area contributed by atoms with Gasteiger partial charge in [0.2, 0.25) is 0 Å². The summed E-state index contributed by atoms with van der Waals surface area (Å²) in [5.74, 6) is 0.543. The van der Waals surface area contributed by atoms with Crippen LogP contribution in [0.2, 0.25) is 0 Å². The molecule has 0 saturated heterocycles. The zero-order valence-corrected chi connectivity index (χ0v) is 11.1. The lowest BCUT2D eigenvalue weighted by molar-refractivity contribution is 0.460. The maximum atomic E-state index is 10.2. The van der Waals surface area contributed by atoms with Crippen LogP contribution in [0.5, 0.6) is 5.75 Å². The van der Waals surface area contributed by atoms with Gasteiger partial charge in [-0.25, -0.2) is 0 Å². The fraction of sp³-hybridized carbons (Fsp3) is 0.600. The normalized spacial score (nSPS) is 10.8. The SMILES string of the molecule is CCCCc1c(C)cc(CC)c(O)c1CC. The van der Waals surface area contributed by atoms with Crippen molar-refractivity contribution in [1.82, 2.24) is 0 Å². The number of aromatic hydroxyl groups is 1. The standard InChI is InChI=1S/C15H24O/c1-5-8-9-14-11(4)10-12(6-2)15(16)13(14)7-3/h10,16H,5-9H2,1-4H3. The van der Waals surface area contributed by atoms with Gasteiger partial charge in [0.05, 0.1) is 0 Å². The van der Waals surface area contributed by atoms with E-state index in [0.717, 1.165) is 24.8 Å². The minimum absolute atomic E-state index is 0.543. The lowest BCUT2D eigenvalue weighted by Crippen LogP contribution is -2.00. The first-order valence-electron chi connectivity index (χ1n) is 6.48. The molecule has 0 saturated carbocycles. The Labute approximate surface area is 99.5 Å². The number of benzene rings is 1. The third-order valence-corrected chi connectivity index (χ3v) is 3.34. The van der Waals surface area contributed by atoms with Gasteiger partial charge >= 0.3 is 0 Å². The van der Waals surface area contributed by atoms with Crippen molar-refractivity contribution in [1.29, 1.82) is 0 Å². The Hall–Kier alpha value is -0.980. The number of unbranched alkanes of at least 4 members (excludes halogenated alkanes) is 1. The van der Waals surface area contributed by atoms with Crippen molar-refractivity contribution in [2.24, 2.45) is 0 Å². The molecule has 0 aliphatic carbocycles. The fourth-order valence-corrected chi connectivity index (χ4v) is 2.34. The number of aryl methyl sites for hydroxylation is 2. The van der Waals surface area contributed by atoms with E-state index in [-0.39, 0.29) is 0 Å². The quantitative estimate of drug-likeness (QED) is 0.789. The van der Waals surface area contributed by atoms with Gasteiger partial charge in [0.15, 0.2) is 0 Å². The molecule has 0 aliphatic rings. The number of hydrogen-bond donors (Lipinski definition) is 1. The van der Waals surface area contributed by atoms with Crippen molar-refractivity contribution in [2.75, 3.05) is 0 Å². The zero-order valence-electron chi connectivity index (χ0n) is 11.1. The summed E-state index contributed by atoms with van der Waals surface area (Å²) in [7, 11) is 0. The first-order chi connectivity index (χ1) is 7.65. The summed E-state index contributed by atoms with van der Waals surface area (Å²) in [6.07, 6.45) is 5.36. The van der Waals surface area contributed by atoms with Crippen molar-refractivity contribution >= 4 is 0 Å². The lowest BCUT2D eigenvalue weighted by atomic mass is 9.91. The van der Waals surface area contributed by atoms with Crippen LogP contribution in [0.25, 0.3) is 0 Å². The lowest BCUT2D eigenvalue weighted by Gasteiger charge is -2.16. The second kappa shape index (κ2) is 5.93. The highest BCUT2D eigenvalue weighted by Gasteiger charge is 2.12. The molecule has 0 fully saturated rings. The predicted octanol–water partition coefficient (Wildman–Crippen LogP) is 4.17. The topological polar surface area (TPSA) is 20.2 Å². The van der Waals surface area contributed by atoms with Crippen LogP contribution in [0, 0.1) is 6.92 Å². The molecule has 0 bridgehead atoms. The third kappa shape index (κ3) is 2.58. The number of rotatable bonds is 5. The Balaban J connectivity index is 3.20. The van der Waals surface area contributed by atoms with Crippen LogP contribution in [-0.4, -0.2) is 5.11 Å². The van der Waals surface area contributed by atoms with Crippen molar-refractivity contribution in [3.63, 3.8) is 0 Å². The van der Waals surface area contributed by atoms with Crippen LogP contribution in [0.3, 0.4) is 0 Å². The van der Waals surface area contributed by atoms with Crippen molar-refractivity contribution in [3.05, 3.63) is 28.3 Å². The highest BCUT2D eigenvalue weighted by Crippen LogP contribution is 2.31. The highest BCUT2D eigenvalue weighted by molar-refractivity contribution is 5.49. The maximum absolute atomic E-state index is 10.2. The van der Waals surface area contributed by atoms with Gasteiger partial charge in [0, 0.05) is 0 Å². The molecule has 1 nitrogen and oxygen atoms in total. The average molecular weight is 220 g/mol. The molecule has 0 aromatic heterocycles. The monoisotopic (exact) mass is 220 g/mol. The summed E-state index contributed by atoms with van der Waals surface area (Å²) in [5, 5.41) is 10.2. The zero-order chi connectivity index (χ0) is 12.1. The minimum atomic E-state index is 0.543. The molecule has 1 N–H and O–H groups in total. The van der Waals surface area contributed by atoms with Gasteiger partial charge in [0.1, 0.15) is 5.75 Å². The van der Waals surface area contributed by atoms with Crippen LogP contribution >= 0.6 is 0 Å². The third-order valence-electron chi connectivity index (χ3n) is 3.34. The molecule has 90 valence electrons. The van der Waals surface area contributed by atoms with Gasteiger partial charge in [-0.05, 0) is 54.9 Å². The second-order valence-corrected chi connectivity index (χ2v) is 4.47. The van der Waals surface area contributed by atoms with E-state index >= 15 is 0 Å². The molecule has 1 heteroatoms. The summed E-state index contributed by atoms with van der Waals surface area (Å²) in [4.78, 5) is 0. The molecule has 16 heavy (non-hydrogen) atoms. The summed E-state index contributed by atoms with van der Waals surface area (Å²) < 4.78 is 0. The summed E-state index contributed by atoms with van der Waals surface area (Å²) >= 11 is 0. The van der Waals surface area contributed by atoms with E-state index < -0.39 is 0 Å².